The monoisotopic (exact) mass is 289 g/mol. The fourth-order valence-electron chi connectivity index (χ4n) is 2.01. The minimum Gasteiger partial charge on any atom is -0.383 e. The zero-order chi connectivity index (χ0) is 14.6. The molecule has 2 aromatic rings. The topological polar surface area (TPSA) is 46.2 Å². The van der Waals surface area contributed by atoms with E-state index in [0.29, 0.717) is 10.9 Å². The molecule has 0 atom stereocenters. The van der Waals surface area contributed by atoms with E-state index in [2.05, 4.69) is 5.32 Å². The zero-order valence-corrected chi connectivity index (χ0v) is 12.5. The molecule has 0 amide bonds. The molecule has 20 heavy (non-hydrogen) atoms. The van der Waals surface area contributed by atoms with Gasteiger partial charge in [-0.25, -0.2) is 8.42 Å². The van der Waals surface area contributed by atoms with E-state index in [1.54, 1.807) is 24.3 Å². The summed E-state index contributed by atoms with van der Waals surface area (Å²) in [5.41, 5.74) is 1.74. The van der Waals surface area contributed by atoms with Crippen molar-refractivity contribution in [2.24, 2.45) is 0 Å². The van der Waals surface area contributed by atoms with Crippen LogP contribution in [0, 0.1) is 0 Å². The van der Waals surface area contributed by atoms with E-state index in [1.165, 1.54) is 0 Å². The quantitative estimate of drug-likeness (QED) is 0.916. The minimum absolute atomic E-state index is 0.0185. The molecule has 1 N–H and O–H groups in total. The summed E-state index contributed by atoms with van der Waals surface area (Å²) < 4.78 is 24.6. The Morgan fingerprint density at radius 3 is 2.35 bits per heavy atom. The van der Waals surface area contributed by atoms with Crippen LogP contribution in [0.3, 0.4) is 0 Å². The van der Waals surface area contributed by atoms with Gasteiger partial charge in [-0.15, -0.1) is 0 Å². The molecule has 3 nitrogen and oxygen atoms in total. The molecule has 0 saturated heterocycles. The number of hydrogen-bond donors (Lipinski definition) is 1. The second-order valence-electron chi connectivity index (χ2n) is 5.07. The molecule has 2 aromatic carbocycles. The Balaban J connectivity index is 2.22. The van der Waals surface area contributed by atoms with Gasteiger partial charge < -0.3 is 5.32 Å². The fraction of sp³-hybridized carbons (Fsp3) is 0.250. The first kappa shape index (κ1) is 14.6. The van der Waals surface area contributed by atoms with Crippen LogP contribution in [0.4, 0.5) is 5.69 Å². The van der Waals surface area contributed by atoms with Gasteiger partial charge in [0.1, 0.15) is 0 Å². The highest BCUT2D eigenvalue weighted by Gasteiger charge is 2.14. The molecule has 0 saturated carbocycles. The maximum atomic E-state index is 12.3. The van der Waals surface area contributed by atoms with Crippen molar-refractivity contribution in [3.63, 3.8) is 0 Å². The maximum absolute atomic E-state index is 12.3. The third-order valence-electron chi connectivity index (χ3n) is 2.84. The van der Waals surface area contributed by atoms with E-state index in [1.807, 2.05) is 44.2 Å². The standard InChI is InChI=1S/C16H19NO2S/c1-13(2)17-15-8-6-7-14(11-15)12-20(18,19)16-9-4-3-5-10-16/h3-11,13,17H,12H2,1-2H3. The summed E-state index contributed by atoms with van der Waals surface area (Å²) in [6, 6.07) is 16.4. The Bertz CT molecular complexity index is 664. The highest BCUT2D eigenvalue weighted by molar-refractivity contribution is 7.90. The van der Waals surface area contributed by atoms with Gasteiger partial charge in [0.25, 0.3) is 0 Å². The predicted octanol–water partition coefficient (Wildman–Crippen LogP) is 3.48. The second-order valence-corrected chi connectivity index (χ2v) is 7.06. The molecule has 0 radical (unpaired) electrons. The first-order valence-corrected chi connectivity index (χ1v) is 8.26. The van der Waals surface area contributed by atoms with E-state index in [4.69, 9.17) is 0 Å². The van der Waals surface area contributed by atoms with Crippen molar-refractivity contribution in [3.05, 3.63) is 60.2 Å². The van der Waals surface area contributed by atoms with Crippen LogP contribution in [0.5, 0.6) is 0 Å². The number of anilines is 1. The molecule has 0 aromatic heterocycles. The molecule has 0 fully saturated rings. The average molecular weight is 289 g/mol. The second kappa shape index (κ2) is 6.09. The van der Waals surface area contributed by atoms with Gasteiger partial charge in [-0.3, -0.25) is 0 Å². The van der Waals surface area contributed by atoms with Crippen LogP contribution in [0.25, 0.3) is 0 Å². The SMILES string of the molecule is CC(C)Nc1cccc(CS(=O)(=O)c2ccccc2)c1. The Labute approximate surface area is 120 Å². The van der Waals surface area contributed by atoms with Crippen molar-refractivity contribution in [2.45, 2.75) is 30.5 Å². The van der Waals surface area contributed by atoms with Crippen molar-refractivity contribution in [1.29, 1.82) is 0 Å². The van der Waals surface area contributed by atoms with E-state index in [0.717, 1.165) is 11.3 Å². The molecule has 2 rings (SSSR count). The lowest BCUT2D eigenvalue weighted by molar-refractivity contribution is 0.595. The van der Waals surface area contributed by atoms with E-state index < -0.39 is 9.84 Å². The molecule has 106 valence electrons. The molecule has 4 heteroatoms. The first-order chi connectivity index (χ1) is 9.47. The third kappa shape index (κ3) is 3.84. The van der Waals surface area contributed by atoms with Crippen LogP contribution in [-0.2, 0) is 15.6 Å². The zero-order valence-electron chi connectivity index (χ0n) is 11.7. The highest BCUT2D eigenvalue weighted by atomic mass is 32.2. The van der Waals surface area contributed by atoms with Crippen molar-refractivity contribution < 1.29 is 8.42 Å². The summed E-state index contributed by atoms with van der Waals surface area (Å²) in [5, 5.41) is 3.28. The molecular formula is C16H19NO2S. The molecule has 0 heterocycles. The Kier molecular flexibility index (Phi) is 4.45. The molecule has 0 aliphatic carbocycles. The summed E-state index contributed by atoms with van der Waals surface area (Å²) in [6.45, 7) is 4.10. The predicted molar refractivity (Wildman–Crippen MR) is 82.5 cm³/mol. The lowest BCUT2D eigenvalue weighted by Crippen LogP contribution is -2.10. The molecule has 0 bridgehead atoms. The van der Waals surface area contributed by atoms with Gasteiger partial charge in [0.05, 0.1) is 10.6 Å². The van der Waals surface area contributed by atoms with Crippen LogP contribution < -0.4 is 5.32 Å². The lowest BCUT2D eigenvalue weighted by Gasteiger charge is -2.11. The highest BCUT2D eigenvalue weighted by Crippen LogP contribution is 2.19. The lowest BCUT2D eigenvalue weighted by atomic mass is 10.2. The van der Waals surface area contributed by atoms with Crippen LogP contribution in [0.15, 0.2) is 59.5 Å². The first-order valence-electron chi connectivity index (χ1n) is 6.61. The Hall–Kier alpha value is -1.81. The van der Waals surface area contributed by atoms with Crippen LogP contribution >= 0.6 is 0 Å². The summed E-state index contributed by atoms with van der Waals surface area (Å²) in [7, 11) is -3.29. The number of benzene rings is 2. The van der Waals surface area contributed by atoms with Crippen LogP contribution in [0.1, 0.15) is 19.4 Å². The van der Waals surface area contributed by atoms with Gasteiger partial charge in [-0.2, -0.15) is 0 Å². The third-order valence-corrected chi connectivity index (χ3v) is 4.55. The van der Waals surface area contributed by atoms with Crippen molar-refractivity contribution in [1.82, 2.24) is 0 Å². The van der Waals surface area contributed by atoms with Gasteiger partial charge >= 0.3 is 0 Å². The summed E-state index contributed by atoms with van der Waals surface area (Å²) in [4.78, 5) is 0.363. The number of hydrogen-bond acceptors (Lipinski definition) is 3. The average Bonchev–Trinajstić information content (AvgIpc) is 2.39. The van der Waals surface area contributed by atoms with E-state index in [-0.39, 0.29) is 5.75 Å². The van der Waals surface area contributed by atoms with E-state index >= 15 is 0 Å². The summed E-state index contributed by atoms with van der Waals surface area (Å²) in [6.07, 6.45) is 0. The van der Waals surface area contributed by atoms with Crippen molar-refractivity contribution in [3.8, 4) is 0 Å². The Morgan fingerprint density at radius 1 is 1.00 bits per heavy atom. The smallest absolute Gasteiger partial charge is 0.182 e. The number of rotatable bonds is 5. The van der Waals surface area contributed by atoms with Crippen LogP contribution in [-0.4, -0.2) is 14.5 Å². The van der Waals surface area contributed by atoms with E-state index in [9.17, 15) is 8.42 Å². The fourth-order valence-corrected chi connectivity index (χ4v) is 3.37. The van der Waals surface area contributed by atoms with Crippen molar-refractivity contribution >= 4 is 15.5 Å². The molecule has 0 spiro atoms. The van der Waals surface area contributed by atoms with Gasteiger partial charge in [-0.05, 0) is 43.7 Å². The van der Waals surface area contributed by atoms with Crippen molar-refractivity contribution in [2.75, 3.05) is 5.32 Å². The minimum atomic E-state index is -3.29. The normalized spacial score (nSPS) is 11.6. The summed E-state index contributed by atoms with van der Waals surface area (Å²) in [5.74, 6) is 0.0185. The van der Waals surface area contributed by atoms with Crippen LogP contribution in [0.2, 0.25) is 0 Å². The van der Waals surface area contributed by atoms with Gasteiger partial charge in [0.15, 0.2) is 9.84 Å². The molecule has 0 aliphatic heterocycles. The molecular weight excluding hydrogens is 270 g/mol. The largest absolute Gasteiger partial charge is 0.383 e. The maximum Gasteiger partial charge on any atom is 0.182 e. The Morgan fingerprint density at radius 2 is 1.70 bits per heavy atom. The van der Waals surface area contributed by atoms with Gasteiger partial charge in [-0.1, -0.05) is 30.3 Å². The molecule has 0 unspecified atom stereocenters. The summed E-state index contributed by atoms with van der Waals surface area (Å²) >= 11 is 0. The van der Waals surface area contributed by atoms with Gasteiger partial charge in [0.2, 0.25) is 0 Å². The van der Waals surface area contributed by atoms with Gasteiger partial charge in [0, 0.05) is 11.7 Å². The molecule has 0 aliphatic rings. The number of nitrogens with one attached hydrogen (secondary N) is 1. The number of sulfone groups is 1.